The number of halogens is 1. The van der Waals surface area contributed by atoms with Crippen molar-refractivity contribution in [2.24, 2.45) is 0 Å². The minimum absolute atomic E-state index is 0.0867. The van der Waals surface area contributed by atoms with Gasteiger partial charge in [-0.05, 0) is 31.4 Å². The number of hydrogen-bond donors (Lipinski definition) is 2. The van der Waals surface area contributed by atoms with Crippen molar-refractivity contribution in [3.8, 4) is 0 Å². The van der Waals surface area contributed by atoms with Crippen molar-refractivity contribution in [3.63, 3.8) is 0 Å². The van der Waals surface area contributed by atoms with Crippen molar-refractivity contribution in [1.29, 1.82) is 0 Å². The summed E-state index contributed by atoms with van der Waals surface area (Å²) in [5.41, 5.74) is 0. The molecule has 6 heteroatoms. The molecule has 0 bridgehead atoms. The number of nitrogens with one attached hydrogen (secondary N) is 1. The molecule has 18 heavy (non-hydrogen) atoms. The summed E-state index contributed by atoms with van der Waals surface area (Å²) in [6, 6.07) is 3.75. The highest BCUT2D eigenvalue weighted by molar-refractivity contribution is 7.16. The van der Waals surface area contributed by atoms with Crippen LogP contribution >= 0.6 is 22.9 Å². The summed E-state index contributed by atoms with van der Waals surface area (Å²) in [5.74, 6) is 0. The predicted molar refractivity (Wildman–Crippen MR) is 73.2 cm³/mol. The van der Waals surface area contributed by atoms with Crippen LogP contribution in [0.25, 0.3) is 0 Å². The monoisotopic (exact) mass is 288 g/mol. The highest BCUT2D eigenvalue weighted by Crippen LogP contribution is 2.21. The van der Waals surface area contributed by atoms with Crippen LogP contribution in [0, 0.1) is 0 Å². The van der Waals surface area contributed by atoms with Crippen LogP contribution in [0.2, 0.25) is 4.34 Å². The van der Waals surface area contributed by atoms with E-state index < -0.39 is 0 Å². The molecule has 100 valence electrons. The van der Waals surface area contributed by atoms with Crippen molar-refractivity contribution >= 4 is 29.0 Å². The highest BCUT2D eigenvalue weighted by Gasteiger charge is 2.21. The summed E-state index contributed by atoms with van der Waals surface area (Å²) >= 11 is 7.37. The van der Waals surface area contributed by atoms with Gasteiger partial charge in [0.25, 0.3) is 0 Å². The standard InChI is InChI=1S/C12H17ClN2O2S/c13-11-4-3-10(18-11)5-6-14-12(17)15-7-1-2-9(16)8-15/h3-4,9,16H,1-2,5-8H2,(H,14,17). The molecule has 2 N–H and O–H groups in total. The van der Waals surface area contributed by atoms with E-state index in [4.69, 9.17) is 11.6 Å². The summed E-state index contributed by atoms with van der Waals surface area (Å²) in [6.45, 7) is 1.77. The fourth-order valence-electron chi connectivity index (χ4n) is 2.03. The maximum absolute atomic E-state index is 11.8. The minimum Gasteiger partial charge on any atom is -0.391 e. The third kappa shape index (κ3) is 3.86. The fourth-order valence-corrected chi connectivity index (χ4v) is 3.12. The minimum atomic E-state index is -0.374. The van der Waals surface area contributed by atoms with E-state index in [0.29, 0.717) is 13.1 Å². The van der Waals surface area contributed by atoms with Crippen LogP contribution in [0.3, 0.4) is 0 Å². The molecule has 1 aromatic heterocycles. The van der Waals surface area contributed by atoms with Gasteiger partial charge in [0.15, 0.2) is 0 Å². The summed E-state index contributed by atoms with van der Waals surface area (Å²) in [6.07, 6.45) is 2.08. The van der Waals surface area contributed by atoms with Gasteiger partial charge >= 0.3 is 6.03 Å². The molecule has 1 fully saturated rings. The quantitative estimate of drug-likeness (QED) is 0.895. The molecule has 0 aromatic carbocycles. The second-order valence-electron chi connectivity index (χ2n) is 4.43. The maximum atomic E-state index is 11.8. The van der Waals surface area contributed by atoms with Crippen LogP contribution in [0.4, 0.5) is 4.79 Å². The Morgan fingerprint density at radius 3 is 3.11 bits per heavy atom. The third-order valence-corrected chi connectivity index (χ3v) is 4.25. The van der Waals surface area contributed by atoms with Crippen LogP contribution in [-0.4, -0.2) is 41.8 Å². The molecule has 2 amide bonds. The molecule has 2 rings (SSSR count). The molecule has 1 unspecified atom stereocenters. The average Bonchev–Trinajstić information content (AvgIpc) is 2.75. The van der Waals surface area contributed by atoms with Crippen molar-refractivity contribution in [2.45, 2.75) is 25.4 Å². The van der Waals surface area contributed by atoms with E-state index in [1.165, 1.54) is 16.2 Å². The number of hydrogen-bond acceptors (Lipinski definition) is 3. The molecular weight excluding hydrogens is 272 g/mol. The number of β-amino-alcohol motifs (C(OH)–C–C–N with tert-alkyl or cyclic N) is 1. The number of nitrogens with zero attached hydrogens (tertiary/aromatic N) is 1. The second-order valence-corrected chi connectivity index (χ2v) is 6.23. The van der Waals surface area contributed by atoms with Crippen LogP contribution in [-0.2, 0) is 6.42 Å². The molecule has 0 spiro atoms. The van der Waals surface area contributed by atoms with Gasteiger partial charge in [-0.1, -0.05) is 11.6 Å². The lowest BCUT2D eigenvalue weighted by molar-refractivity contribution is 0.0843. The van der Waals surface area contributed by atoms with E-state index in [2.05, 4.69) is 5.32 Å². The van der Waals surface area contributed by atoms with E-state index in [9.17, 15) is 9.90 Å². The topological polar surface area (TPSA) is 52.6 Å². The van der Waals surface area contributed by atoms with Gasteiger partial charge in [-0.3, -0.25) is 0 Å². The number of likely N-dealkylation sites (tertiary alicyclic amines) is 1. The summed E-state index contributed by atoms with van der Waals surface area (Å²) in [5, 5.41) is 12.4. The first-order valence-corrected chi connectivity index (χ1v) is 7.29. The summed E-state index contributed by atoms with van der Waals surface area (Å²) < 4.78 is 0.774. The first kappa shape index (κ1) is 13.6. The van der Waals surface area contributed by atoms with Crippen LogP contribution < -0.4 is 5.32 Å². The van der Waals surface area contributed by atoms with Gasteiger partial charge in [-0.2, -0.15) is 0 Å². The smallest absolute Gasteiger partial charge is 0.317 e. The first-order chi connectivity index (χ1) is 8.65. The summed E-state index contributed by atoms with van der Waals surface area (Å²) in [4.78, 5) is 14.7. The molecule has 2 heterocycles. The number of piperidine rings is 1. The van der Waals surface area contributed by atoms with E-state index in [1.807, 2.05) is 12.1 Å². The molecule has 1 atom stereocenters. The Labute approximate surface area is 116 Å². The van der Waals surface area contributed by atoms with Crippen molar-refractivity contribution in [2.75, 3.05) is 19.6 Å². The van der Waals surface area contributed by atoms with Crippen molar-refractivity contribution in [3.05, 3.63) is 21.3 Å². The Morgan fingerprint density at radius 2 is 2.44 bits per heavy atom. The molecule has 1 aromatic rings. The number of carbonyl (C=O) groups is 1. The van der Waals surface area contributed by atoms with Crippen LogP contribution in [0.15, 0.2) is 12.1 Å². The zero-order valence-electron chi connectivity index (χ0n) is 10.1. The van der Waals surface area contributed by atoms with Crippen molar-refractivity contribution in [1.82, 2.24) is 10.2 Å². The molecule has 1 aliphatic heterocycles. The Kier molecular flexibility index (Phi) is 4.86. The molecule has 1 aliphatic rings. The Hall–Kier alpha value is -0.780. The first-order valence-electron chi connectivity index (χ1n) is 6.10. The van der Waals surface area contributed by atoms with Crippen molar-refractivity contribution < 1.29 is 9.90 Å². The lowest BCUT2D eigenvalue weighted by atomic mass is 10.1. The third-order valence-electron chi connectivity index (χ3n) is 2.96. The van der Waals surface area contributed by atoms with Gasteiger partial charge in [0.2, 0.25) is 0 Å². The zero-order valence-corrected chi connectivity index (χ0v) is 11.6. The van der Waals surface area contributed by atoms with Crippen LogP contribution in [0.5, 0.6) is 0 Å². The zero-order chi connectivity index (χ0) is 13.0. The van der Waals surface area contributed by atoms with Gasteiger partial charge in [0, 0.05) is 24.5 Å². The lowest BCUT2D eigenvalue weighted by Crippen LogP contribution is -2.47. The van der Waals surface area contributed by atoms with E-state index in [-0.39, 0.29) is 12.1 Å². The van der Waals surface area contributed by atoms with E-state index >= 15 is 0 Å². The highest BCUT2D eigenvalue weighted by atomic mass is 35.5. The van der Waals surface area contributed by atoms with Crippen LogP contribution in [0.1, 0.15) is 17.7 Å². The van der Waals surface area contributed by atoms with Gasteiger partial charge in [0.05, 0.1) is 10.4 Å². The molecule has 0 aliphatic carbocycles. The number of thiophene rings is 1. The normalized spacial score (nSPS) is 19.9. The number of rotatable bonds is 3. The van der Waals surface area contributed by atoms with Gasteiger partial charge in [0.1, 0.15) is 0 Å². The molecule has 4 nitrogen and oxygen atoms in total. The Balaban J connectivity index is 1.71. The predicted octanol–water partition coefficient (Wildman–Crippen LogP) is 2.11. The maximum Gasteiger partial charge on any atom is 0.317 e. The van der Waals surface area contributed by atoms with Gasteiger partial charge < -0.3 is 15.3 Å². The number of aliphatic hydroxyl groups excluding tert-OH is 1. The number of aliphatic hydroxyl groups is 1. The molecule has 0 radical (unpaired) electrons. The molecular formula is C12H17ClN2O2S. The lowest BCUT2D eigenvalue weighted by Gasteiger charge is -2.30. The average molecular weight is 289 g/mol. The van der Waals surface area contributed by atoms with Gasteiger partial charge in [-0.25, -0.2) is 4.79 Å². The van der Waals surface area contributed by atoms with Gasteiger partial charge in [-0.15, -0.1) is 11.3 Å². The molecule has 1 saturated heterocycles. The number of urea groups is 1. The Bertz CT molecular complexity index is 411. The second kappa shape index (κ2) is 6.41. The SMILES string of the molecule is O=C(NCCc1ccc(Cl)s1)N1CCCC(O)C1. The van der Waals surface area contributed by atoms with E-state index in [1.54, 1.807) is 4.90 Å². The number of amides is 2. The largest absolute Gasteiger partial charge is 0.391 e. The van der Waals surface area contributed by atoms with E-state index in [0.717, 1.165) is 30.1 Å². The summed E-state index contributed by atoms with van der Waals surface area (Å²) in [7, 11) is 0. The molecule has 0 saturated carbocycles. The number of carbonyl (C=O) groups excluding carboxylic acids is 1. The Morgan fingerprint density at radius 1 is 1.61 bits per heavy atom. The fraction of sp³-hybridized carbons (Fsp3) is 0.583.